The van der Waals surface area contributed by atoms with Crippen LogP contribution >= 0.6 is 11.8 Å². The third-order valence-corrected chi connectivity index (χ3v) is 3.55. The van der Waals surface area contributed by atoms with Crippen molar-refractivity contribution < 1.29 is 9.53 Å². The second-order valence-corrected chi connectivity index (χ2v) is 5.63. The van der Waals surface area contributed by atoms with Gasteiger partial charge in [-0.1, -0.05) is 34.6 Å². The molecular formula is C13H29NO2S. The van der Waals surface area contributed by atoms with Gasteiger partial charge in [-0.3, -0.25) is 4.79 Å². The predicted molar refractivity (Wildman–Crippen MR) is 77.3 cm³/mol. The largest absolute Gasteiger partial charge is 0.462 e. The maximum absolute atomic E-state index is 11.6. The van der Waals surface area contributed by atoms with E-state index in [2.05, 4.69) is 20.8 Å². The van der Waals surface area contributed by atoms with Gasteiger partial charge in [-0.15, -0.1) is 0 Å². The van der Waals surface area contributed by atoms with Gasteiger partial charge in [-0.25, -0.2) is 0 Å². The van der Waals surface area contributed by atoms with Crippen molar-refractivity contribution >= 4 is 17.7 Å². The van der Waals surface area contributed by atoms with Gasteiger partial charge >= 0.3 is 5.97 Å². The summed E-state index contributed by atoms with van der Waals surface area (Å²) in [5, 5.41) is 0.140. The van der Waals surface area contributed by atoms with Crippen molar-refractivity contribution in [3.05, 3.63) is 0 Å². The van der Waals surface area contributed by atoms with E-state index in [0.29, 0.717) is 5.92 Å². The molecule has 0 aromatic carbocycles. The molecule has 0 aromatic rings. The van der Waals surface area contributed by atoms with Crippen molar-refractivity contribution in [2.24, 2.45) is 11.7 Å². The van der Waals surface area contributed by atoms with E-state index < -0.39 is 6.04 Å². The van der Waals surface area contributed by atoms with Gasteiger partial charge in [0, 0.05) is 5.25 Å². The average molecular weight is 263 g/mol. The first-order valence-corrected chi connectivity index (χ1v) is 7.52. The SMILES string of the molecule is CC.CCSC(C(C)C)C(N)C(=O)OC(C)C. The van der Waals surface area contributed by atoms with Crippen molar-refractivity contribution in [2.75, 3.05) is 5.75 Å². The minimum Gasteiger partial charge on any atom is -0.462 e. The summed E-state index contributed by atoms with van der Waals surface area (Å²) in [5.41, 5.74) is 5.90. The van der Waals surface area contributed by atoms with E-state index in [9.17, 15) is 4.79 Å². The minimum atomic E-state index is -0.516. The summed E-state index contributed by atoms with van der Waals surface area (Å²) in [6.07, 6.45) is -0.0945. The second kappa shape index (κ2) is 10.9. The number of thioether (sulfide) groups is 1. The lowest BCUT2D eigenvalue weighted by molar-refractivity contribution is -0.149. The third kappa shape index (κ3) is 8.50. The molecule has 2 atom stereocenters. The predicted octanol–water partition coefficient (Wildman–Crippen LogP) is 3.07. The van der Waals surface area contributed by atoms with Crippen molar-refractivity contribution in [1.29, 1.82) is 0 Å². The van der Waals surface area contributed by atoms with Crippen LogP contribution in [-0.2, 0) is 9.53 Å². The highest BCUT2D eigenvalue weighted by molar-refractivity contribution is 7.99. The van der Waals surface area contributed by atoms with Crippen molar-refractivity contribution in [3.8, 4) is 0 Å². The summed E-state index contributed by atoms with van der Waals surface area (Å²) < 4.78 is 5.11. The summed E-state index contributed by atoms with van der Waals surface area (Å²) in [4.78, 5) is 11.6. The molecule has 0 amide bonds. The first-order valence-electron chi connectivity index (χ1n) is 6.47. The normalized spacial score (nSPS) is 14.0. The van der Waals surface area contributed by atoms with Crippen LogP contribution in [0, 0.1) is 5.92 Å². The van der Waals surface area contributed by atoms with Gasteiger partial charge in [0.2, 0.25) is 0 Å². The maximum atomic E-state index is 11.6. The van der Waals surface area contributed by atoms with Gasteiger partial charge in [0.1, 0.15) is 6.04 Å². The molecule has 17 heavy (non-hydrogen) atoms. The van der Waals surface area contributed by atoms with Crippen LogP contribution < -0.4 is 5.73 Å². The van der Waals surface area contributed by atoms with Crippen LogP contribution in [0.4, 0.5) is 0 Å². The lowest BCUT2D eigenvalue weighted by atomic mass is 10.0. The average Bonchev–Trinajstić information content (AvgIpc) is 2.26. The highest BCUT2D eigenvalue weighted by Gasteiger charge is 2.28. The van der Waals surface area contributed by atoms with Gasteiger partial charge in [0.15, 0.2) is 0 Å². The molecule has 0 saturated heterocycles. The van der Waals surface area contributed by atoms with Crippen LogP contribution in [0.1, 0.15) is 48.5 Å². The molecule has 104 valence electrons. The molecule has 0 spiro atoms. The zero-order valence-electron chi connectivity index (χ0n) is 12.3. The first-order chi connectivity index (χ1) is 7.90. The topological polar surface area (TPSA) is 52.3 Å². The number of nitrogens with two attached hydrogens (primary N) is 1. The van der Waals surface area contributed by atoms with E-state index in [4.69, 9.17) is 10.5 Å². The van der Waals surface area contributed by atoms with Gasteiger partial charge in [-0.05, 0) is 25.5 Å². The Kier molecular flexibility index (Phi) is 12.3. The Balaban J connectivity index is 0. The fourth-order valence-electron chi connectivity index (χ4n) is 1.35. The third-order valence-electron chi connectivity index (χ3n) is 1.99. The molecule has 0 saturated carbocycles. The standard InChI is InChI=1S/C11H23NO2S.C2H6/c1-6-15-10(7(2)3)9(12)11(13)14-8(4)5;1-2/h7-10H,6,12H2,1-5H3;1-2H3. The molecule has 0 aromatic heterocycles. The van der Waals surface area contributed by atoms with Gasteiger partial charge in [-0.2, -0.15) is 11.8 Å². The molecule has 0 aliphatic heterocycles. The Morgan fingerprint density at radius 1 is 1.24 bits per heavy atom. The number of ether oxygens (including phenoxy) is 1. The lowest BCUT2D eigenvalue weighted by Crippen LogP contribution is -2.44. The zero-order valence-corrected chi connectivity index (χ0v) is 13.1. The van der Waals surface area contributed by atoms with E-state index in [1.807, 2.05) is 27.7 Å². The number of carbonyl (C=O) groups excluding carboxylic acids is 1. The van der Waals surface area contributed by atoms with Crippen LogP contribution in [0.25, 0.3) is 0 Å². The van der Waals surface area contributed by atoms with Crippen LogP contribution in [0.3, 0.4) is 0 Å². The van der Waals surface area contributed by atoms with Crippen LogP contribution in [-0.4, -0.2) is 29.1 Å². The van der Waals surface area contributed by atoms with Crippen LogP contribution in [0.5, 0.6) is 0 Å². The quantitative estimate of drug-likeness (QED) is 0.748. The van der Waals surface area contributed by atoms with Crippen molar-refractivity contribution in [3.63, 3.8) is 0 Å². The molecule has 0 rings (SSSR count). The van der Waals surface area contributed by atoms with Crippen LogP contribution in [0.2, 0.25) is 0 Å². The molecule has 2 N–H and O–H groups in total. The number of rotatable bonds is 6. The van der Waals surface area contributed by atoms with E-state index in [1.54, 1.807) is 11.8 Å². The molecule has 0 aliphatic rings. The molecule has 0 radical (unpaired) electrons. The lowest BCUT2D eigenvalue weighted by Gasteiger charge is -2.25. The molecule has 3 nitrogen and oxygen atoms in total. The summed E-state index contributed by atoms with van der Waals surface area (Å²) >= 11 is 1.72. The Bertz CT molecular complexity index is 196. The number of hydrogen-bond acceptors (Lipinski definition) is 4. The van der Waals surface area contributed by atoms with Crippen molar-refractivity contribution in [2.45, 2.75) is 65.9 Å². The van der Waals surface area contributed by atoms with E-state index in [0.717, 1.165) is 5.75 Å². The van der Waals surface area contributed by atoms with E-state index >= 15 is 0 Å². The maximum Gasteiger partial charge on any atom is 0.324 e. The number of carbonyl (C=O) groups is 1. The van der Waals surface area contributed by atoms with Gasteiger partial charge in [0.25, 0.3) is 0 Å². The molecule has 0 bridgehead atoms. The molecule has 0 heterocycles. The minimum absolute atomic E-state index is 0.0945. The molecule has 2 unspecified atom stereocenters. The highest BCUT2D eigenvalue weighted by atomic mass is 32.2. The molecule has 0 aliphatic carbocycles. The smallest absolute Gasteiger partial charge is 0.324 e. The Hall–Kier alpha value is -0.220. The van der Waals surface area contributed by atoms with Gasteiger partial charge < -0.3 is 10.5 Å². The Morgan fingerprint density at radius 2 is 1.71 bits per heavy atom. The first kappa shape index (κ1) is 19.1. The fraction of sp³-hybridized carbons (Fsp3) is 0.923. The Morgan fingerprint density at radius 3 is 2.00 bits per heavy atom. The molecular weight excluding hydrogens is 234 g/mol. The summed E-state index contributed by atoms with van der Waals surface area (Å²) in [7, 11) is 0. The Labute approximate surface area is 111 Å². The number of hydrogen-bond donors (Lipinski definition) is 1. The summed E-state index contributed by atoms with van der Waals surface area (Å²) in [6, 6.07) is -0.516. The fourth-order valence-corrected chi connectivity index (χ4v) is 2.44. The van der Waals surface area contributed by atoms with E-state index in [1.165, 1.54) is 0 Å². The molecule has 0 fully saturated rings. The molecule has 4 heteroatoms. The van der Waals surface area contributed by atoms with Crippen LogP contribution in [0.15, 0.2) is 0 Å². The van der Waals surface area contributed by atoms with Gasteiger partial charge in [0.05, 0.1) is 6.10 Å². The van der Waals surface area contributed by atoms with E-state index in [-0.39, 0.29) is 17.3 Å². The second-order valence-electron chi connectivity index (χ2n) is 4.18. The monoisotopic (exact) mass is 263 g/mol. The summed E-state index contributed by atoms with van der Waals surface area (Å²) in [5.74, 6) is 1.06. The van der Waals surface area contributed by atoms with Crippen molar-refractivity contribution in [1.82, 2.24) is 0 Å². The summed E-state index contributed by atoms with van der Waals surface area (Å²) in [6.45, 7) is 13.9. The zero-order chi connectivity index (χ0) is 14.0. The highest BCUT2D eigenvalue weighted by Crippen LogP contribution is 2.22. The number of esters is 1.